The van der Waals surface area contributed by atoms with Gasteiger partial charge in [0.1, 0.15) is 5.82 Å². The van der Waals surface area contributed by atoms with Gasteiger partial charge in [-0.3, -0.25) is 4.79 Å². The molecule has 3 nitrogen and oxygen atoms in total. The Morgan fingerprint density at radius 3 is 2.25 bits per heavy atom. The van der Waals surface area contributed by atoms with E-state index in [-0.39, 0.29) is 5.56 Å². The van der Waals surface area contributed by atoms with Crippen molar-refractivity contribution in [2.45, 2.75) is 25.7 Å². The third-order valence-electron chi connectivity index (χ3n) is 2.87. The molecule has 0 spiro atoms. The Morgan fingerprint density at radius 2 is 1.69 bits per heavy atom. The summed E-state index contributed by atoms with van der Waals surface area (Å²) in [6.07, 6.45) is 3.60. The van der Waals surface area contributed by atoms with Crippen molar-refractivity contribution in [2.75, 3.05) is 0 Å². The molecule has 0 amide bonds. The Hall–Kier alpha value is -1.71. The lowest BCUT2D eigenvalue weighted by molar-refractivity contribution is -0.131. The van der Waals surface area contributed by atoms with Crippen molar-refractivity contribution in [1.82, 2.24) is 0 Å². The summed E-state index contributed by atoms with van der Waals surface area (Å²) in [5.41, 5.74) is 1.47. The summed E-state index contributed by atoms with van der Waals surface area (Å²) in [6, 6.07) is 2.69. The Bertz CT molecular complexity index is 466. The molecule has 0 aromatic heterocycles. The zero-order valence-corrected chi connectivity index (χ0v) is 8.62. The molecule has 0 atom stereocenters. The molecular weight excluding hydrogens is 211 g/mol. The largest absolute Gasteiger partial charge is 0.475 e. The number of aryl methyl sites for hydroxylation is 2. The van der Waals surface area contributed by atoms with Gasteiger partial charge in [0.25, 0.3) is 5.78 Å². The van der Waals surface area contributed by atoms with E-state index in [4.69, 9.17) is 5.11 Å². The lowest BCUT2D eigenvalue weighted by Gasteiger charge is -2.16. The van der Waals surface area contributed by atoms with Crippen LogP contribution in [0, 0.1) is 5.82 Å². The average molecular weight is 222 g/mol. The predicted octanol–water partition coefficient (Wildman–Crippen LogP) is 1.97. The number of halogens is 1. The fraction of sp³-hybridized carbons (Fsp3) is 0.333. The van der Waals surface area contributed by atoms with Crippen molar-refractivity contribution < 1.29 is 19.1 Å². The molecule has 0 aliphatic heterocycles. The van der Waals surface area contributed by atoms with E-state index in [0.717, 1.165) is 36.8 Å². The van der Waals surface area contributed by atoms with Gasteiger partial charge in [-0.2, -0.15) is 0 Å². The minimum atomic E-state index is -1.62. The number of hydrogen-bond donors (Lipinski definition) is 1. The molecule has 4 heteroatoms. The SMILES string of the molecule is O=C(O)C(=O)c1cc2c(cc1F)CCCC2. The molecule has 0 radical (unpaired) electrons. The quantitative estimate of drug-likeness (QED) is 0.614. The van der Waals surface area contributed by atoms with Crippen molar-refractivity contribution in [1.29, 1.82) is 0 Å². The number of rotatable bonds is 2. The normalized spacial score (nSPS) is 14.3. The molecule has 0 fully saturated rings. The monoisotopic (exact) mass is 222 g/mol. The van der Waals surface area contributed by atoms with Gasteiger partial charge in [0.05, 0.1) is 5.56 Å². The summed E-state index contributed by atoms with van der Waals surface area (Å²) >= 11 is 0. The molecule has 0 saturated carbocycles. The van der Waals surface area contributed by atoms with Crippen LogP contribution < -0.4 is 0 Å². The first-order valence-electron chi connectivity index (χ1n) is 5.18. The van der Waals surface area contributed by atoms with Crippen LogP contribution in [-0.2, 0) is 17.6 Å². The van der Waals surface area contributed by atoms with E-state index >= 15 is 0 Å². The molecule has 0 heterocycles. The Balaban J connectivity index is 2.47. The summed E-state index contributed by atoms with van der Waals surface area (Å²) in [7, 11) is 0. The maximum Gasteiger partial charge on any atom is 0.377 e. The molecule has 1 aromatic carbocycles. The van der Waals surface area contributed by atoms with Gasteiger partial charge in [-0.05, 0) is 48.9 Å². The summed E-state index contributed by atoms with van der Waals surface area (Å²) in [5.74, 6) is -3.52. The van der Waals surface area contributed by atoms with Gasteiger partial charge in [-0.15, -0.1) is 0 Å². The Kier molecular flexibility index (Phi) is 2.73. The van der Waals surface area contributed by atoms with Crippen molar-refractivity contribution in [3.8, 4) is 0 Å². The standard InChI is InChI=1S/C12H11FO3/c13-10-6-8-4-2-1-3-7(8)5-9(10)11(14)12(15)16/h5-6H,1-4H2,(H,15,16). The highest BCUT2D eigenvalue weighted by Gasteiger charge is 2.22. The first kappa shape index (κ1) is 10.8. The van der Waals surface area contributed by atoms with Crippen LogP contribution in [0.3, 0.4) is 0 Å². The molecule has 1 N–H and O–H groups in total. The minimum absolute atomic E-state index is 0.326. The summed E-state index contributed by atoms with van der Waals surface area (Å²) < 4.78 is 13.5. The van der Waals surface area contributed by atoms with Gasteiger partial charge in [-0.25, -0.2) is 9.18 Å². The smallest absolute Gasteiger partial charge is 0.377 e. The van der Waals surface area contributed by atoms with E-state index in [1.165, 1.54) is 12.1 Å². The summed E-state index contributed by atoms with van der Waals surface area (Å²) in [4.78, 5) is 21.7. The number of fused-ring (bicyclic) bond motifs is 1. The van der Waals surface area contributed by atoms with Crippen molar-refractivity contribution in [3.63, 3.8) is 0 Å². The second-order valence-electron chi connectivity index (χ2n) is 3.94. The highest BCUT2D eigenvalue weighted by Crippen LogP contribution is 2.24. The lowest BCUT2D eigenvalue weighted by Crippen LogP contribution is -2.16. The van der Waals surface area contributed by atoms with Gasteiger partial charge in [0, 0.05) is 0 Å². The zero-order chi connectivity index (χ0) is 11.7. The number of ketones is 1. The van der Waals surface area contributed by atoms with Crippen LogP contribution in [0.4, 0.5) is 4.39 Å². The Morgan fingerprint density at radius 1 is 1.12 bits per heavy atom. The first-order chi connectivity index (χ1) is 7.59. The number of carboxylic acids is 1. The Labute approximate surface area is 91.9 Å². The molecule has 84 valence electrons. The number of benzene rings is 1. The lowest BCUT2D eigenvalue weighted by atomic mass is 9.89. The van der Waals surface area contributed by atoms with Crippen molar-refractivity contribution in [2.24, 2.45) is 0 Å². The van der Waals surface area contributed by atoms with Crippen LogP contribution in [0.25, 0.3) is 0 Å². The first-order valence-corrected chi connectivity index (χ1v) is 5.18. The second-order valence-corrected chi connectivity index (χ2v) is 3.94. The van der Waals surface area contributed by atoms with E-state index in [1.807, 2.05) is 0 Å². The molecule has 0 saturated heterocycles. The van der Waals surface area contributed by atoms with Crippen LogP contribution in [0.5, 0.6) is 0 Å². The average Bonchev–Trinajstić information content (AvgIpc) is 2.27. The van der Waals surface area contributed by atoms with Crippen LogP contribution >= 0.6 is 0 Å². The highest BCUT2D eigenvalue weighted by molar-refractivity contribution is 6.39. The van der Waals surface area contributed by atoms with E-state index in [0.29, 0.717) is 0 Å². The fourth-order valence-corrected chi connectivity index (χ4v) is 2.04. The fourth-order valence-electron chi connectivity index (χ4n) is 2.04. The maximum atomic E-state index is 13.5. The number of aliphatic carboxylic acids is 1. The number of carboxylic acid groups (broad SMARTS) is 1. The van der Waals surface area contributed by atoms with Crippen molar-refractivity contribution >= 4 is 11.8 Å². The summed E-state index contributed by atoms with van der Waals surface area (Å²) in [5, 5.41) is 8.55. The molecular formula is C12H11FO3. The number of hydrogen-bond acceptors (Lipinski definition) is 2. The van der Waals surface area contributed by atoms with Gasteiger partial charge >= 0.3 is 5.97 Å². The molecule has 0 unspecified atom stereocenters. The molecule has 1 aliphatic carbocycles. The van der Waals surface area contributed by atoms with Crippen LogP contribution in [-0.4, -0.2) is 16.9 Å². The number of Topliss-reactive ketones (excluding diaryl/α,β-unsaturated/α-hetero) is 1. The summed E-state index contributed by atoms with van der Waals surface area (Å²) in [6.45, 7) is 0. The van der Waals surface area contributed by atoms with Crippen LogP contribution in [0.15, 0.2) is 12.1 Å². The molecule has 0 bridgehead atoms. The van der Waals surface area contributed by atoms with Gasteiger partial charge in [0.2, 0.25) is 0 Å². The number of carbonyl (C=O) groups excluding carboxylic acids is 1. The van der Waals surface area contributed by atoms with Gasteiger partial charge in [0.15, 0.2) is 0 Å². The predicted molar refractivity (Wildman–Crippen MR) is 55.0 cm³/mol. The topological polar surface area (TPSA) is 54.4 Å². The van der Waals surface area contributed by atoms with Gasteiger partial charge < -0.3 is 5.11 Å². The molecule has 1 aliphatic rings. The van der Waals surface area contributed by atoms with Crippen LogP contribution in [0.1, 0.15) is 34.3 Å². The molecule has 1 aromatic rings. The maximum absolute atomic E-state index is 13.5. The second kappa shape index (κ2) is 4.04. The highest BCUT2D eigenvalue weighted by atomic mass is 19.1. The van der Waals surface area contributed by atoms with E-state index < -0.39 is 17.6 Å². The van der Waals surface area contributed by atoms with E-state index in [1.54, 1.807) is 0 Å². The van der Waals surface area contributed by atoms with E-state index in [2.05, 4.69) is 0 Å². The third-order valence-corrected chi connectivity index (χ3v) is 2.87. The number of carbonyl (C=O) groups is 2. The van der Waals surface area contributed by atoms with Gasteiger partial charge in [-0.1, -0.05) is 0 Å². The molecule has 16 heavy (non-hydrogen) atoms. The van der Waals surface area contributed by atoms with Crippen molar-refractivity contribution in [3.05, 3.63) is 34.6 Å². The van der Waals surface area contributed by atoms with Crippen LogP contribution in [0.2, 0.25) is 0 Å². The minimum Gasteiger partial charge on any atom is -0.475 e. The molecule has 2 rings (SSSR count). The third kappa shape index (κ3) is 1.83. The zero-order valence-electron chi connectivity index (χ0n) is 8.62. The van der Waals surface area contributed by atoms with E-state index in [9.17, 15) is 14.0 Å².